The fourth-order valence-electron chi connectivity index (χ4n) is 4.94. The Morgan fingerprint density at radius 1 is 1.06 bits per heavy atom. The molecule has 0 aromatic heterocycles. The molecule has 4 rings (SSSR count). The Labute approximate surface area is 196 Å². The van der Waals surface area contributed by atoms with Crippen molar-refractivity contribution < 1.29 is 9.53 Å². The Morgan fingerprint density at radius 3 is 2.50 bits per heavy atom. The van der Waals surface area contributed by atoms with Crippen molar-refractivity contribution in [3.05, 3.63) is 64.7 Å². The van der Waals surface area contributed by atoms with Gasteiger partial charge in [-0.15, -0.1) is 0 Å². The maximum absolute atomic E-state index is 12.7. The monoisotopic (exact) mass is 455 g/mol. The van der Waals surface area contributed by atoms with Crippen LogP contribution in [0.5, 0.6) is 0 Å². The number of aryl methyl sites for hydroxylation is 1. The van der Waals surface area contributed by atoms with E-state index >= 15 is 0 Å². The molecule has 2 aromatic rings. The summed E-state index contributed by atoms with van der Waals surface area (Å²) >= 11 is 6.05. The zero-order valence-corrected chi connectivity index (χ0v) is 19.7. The minimum atomic E-state index is 0.101. The van der Waals surface area contributed by atoms with E-state index in [-0.39, 0.29) is 5.91 Å². The number of piperidine rings is 1. The number of nitrogens with zero attached hydrogens (tertiary/aromatic N) is 2. The average Bonchev–Trinajstić information content (AvgIpc) is 2.81. The molecule has 0 bridgehead atoms. The first kappa shape index (κ1) is 23.2. The molecule has 1 N–H and O–H groups in total. The van der Waals surface area contributed by atoms with Crippen LogP contribution in [0.4, 0.5) is 5.69 Å². The lowest BCUT2D eigenvalue weighted by molar-refractivity contribution is -0.116. The molecule has 0 aliphatic carbocycles. The predicted molar refractivity (Wildman–Crippen MR) is 130 cm³/mol. The minimum Gasteiger partial charge on any atom is -0.379 e. The number of carbonyl (C=O) groups is 1. The van der Waals surface area contributed by atoms with Crippen LogP contribution >= 0.6 is 11.6 Å². The number of ether oxygens (including phenoxy) is 1. The number of halogens is 1. The summed E-state index contributed by atoms with van der Waals surface area (Å²) in [6.07, 6.45) is 2.59. The summed E-state index contributed by atoms with van der Waals surface area (Å²) < 4.78 is 5.58. The first-order chi connectivity index (χ1) is 15.6. The first-order valence-electron chi connectivity index (χ1n) is 11.7. The zero-order valence-electron chi connectivity index (χ0n) is 18.9. The smallest absolute Gasteiger partial charge is 0.224 e. The maximum atomic E-state index is 12.7. The standard InChI is InChI=1S/C26H34ClN3O2/c1-20-2-9-24(10-3-20)28-26(31)11-6-22-19-29(18-21-4-7-23(27)8-5-21)13-12-25(22)30-14-16-32-17-15-30/h2-5,7-10,22,25H,6,11-19H2,1H3,(H,28,31)/t22-,25+/m0/s1. The van der Waals surface area contributed by atoms with E-state index in [0.29, 0.717) is 18.4 Å². The number of rotatable bonds is 7. The first-order valence-corrected chi connectivity index (χ1v) is 12.1. The number of likely N-dealkylation sites (tertiary alicyclic amines) is 1. The van der Waals surface area contributed by atoms with Crippen molar-refractivity contribution in [2.75, 3.05) is 44.7 Å². The van der Waals surface area contributed by atoms with Crippen LogP contribution in [0, 0.1) is 12.8 Å². The van der Waals surface area contributed by atoms with Crippen LogP contribution < -0.4 is 5.32 Å². The number of hydrogen-bond acceptors (Lipinski definition) is 4. The van der Waals surface area contributed by atoms with Gasteiger partial charge in [0.25, 0.3) is 0 Å². The number of nitrogens with one attached hydrogen (secondary N) is 1. The highest BCUT2D eigenvalue weighted by Crippen LogP contribution is 2.28. The summed E-state index contributed by atoms with van der Waals surface area (Å²) in [7, 11) is 0. The Balaban J connectivity index is 1.37. The number of anilines is 1. The summed E-state index contributed by atoms with van der Waals surface area (Å²) in [5.74, 6) is 0.572. The van der Waals surface area contributed by atoms with E-state index in [1.54, 1.807) is 0 Å². The third-order valence-corrected chi connectivity index (χ3v) is 6.94. The van der Waals surface area contributed by atoms with Crippen LogP contribution in [0.25, 0.3) is 0 Å². The topological polar surface area (TPSA) is 44.8 Å². The van der Waals surface area contributed by atoms with Gasteiger partial charge in [-0.25, -0.2) is 0 Å². The van der Waals surface area contributed by atoms with Crippen LogP contribution in [0.1, 0.15) is 30.4 Å². The molecule has 0 radical (unpaired) electrons. The summed E-state index contributed by atoms with van der Waals surface area (Å²) in [5, 5.41) is 3.84. The predicted octanol–water partition coefficient (Wildman–Crippen LogP) is 4.59. The van der Waals surface area contributed by atoms with E-state index in [9.17, 15) is 4.79 Å². The summed E-state index contributed by atoms with van der Waals surface area (Å²) in [6, 6.07) is 16.7. The fraction of sp³-hybridized carbons (Fsp3) is 0.500. The second kappa shape index (κ2) is 11.3. The molecule has 6 heteroatoms. The molecule has 2 fully saturated rings. The Bertz CT molecular complexity index is 866. The Morgan fingerprint density at radius 2 is 1.78 bits per heavy atom. The van der Waals surface area contributed by atoms with Gasteiger partial charge in [0.1, 0.15) is 0 Å². The molecule has 2 aliphatic heterocycles. The van der Waals surface area contributed by atoms with Gasteiger partial charge >= 0.3 is 0 Å². The lowest BCUT2D eigenvalue weighted by Crippen LogP contribution is -2.53. The van der Waals surface area contributed by atoms with Crippen molar-refractivity contribution in [3.8, 4) is 0 Å². The van der Waals surface area contributed by atoms with Crippen LogP contribution in [-0.4, -0.2) is 61.1 Å². The van der Waals surface area contributed by atoms with Gasteiger partial charge in [-0.1, -0.05) is 41.4 Å². The van der Waals surface area contributed by atoms with Gasteiger partial charge < -0.3 is 10.1 Å². The van der Waals surface area contributed by atoms with E-state index in [0.717, 1.165) is 69.5 Å². The van der Waals surface area contributed by atoms with Crippen molar-refractivity contribution >= 4 is 23.2 Å². The molecule has 172 valence electrons. The van der Waals surface area contributed by atoms with Crippen molar-refractivity contribution in [2.24, 2.45) is 5.92 Å². The van der Waals surface area contributed by atoms with Crippen LogP contribution in [-0.2, 0) is 16.1 Å². The fourth-order valence-corrected chi connectivity index (χ4v) is 5.06. The molecule has 2 aliphatic rings. The highest BCUT2D eigenvalue weighted by molar-refractivity contribution is 6.30. The van der Waals surface area contributed by atoms with Gasteiger partial charge in [-0.05, 0) is 62.1 Å². The molecule has 0 spiro atoms. The average molecular weight is 456 g/mol. The Kier molecular flexibility index (Phi) is 8.20. The maximum Gasteiger partial charge on any atom is 0.224 e. The molecule has 2 aromatic carbocycles. The molecule has 1 amide bonds. The van der Waals surface area contributed by atoms with Crippen LogP contribution in [0.2, 0.25) is 5.02 Å². The quantitative estimate of drug-likeness (QED) is 0.663. The zero-order chi connectivity index (χ0) is 22.3. The normalized spacial score (nSPS) is 22.6. The highest BCUT2D eigenvalue weighted by atomic mass is 35.5. The molecular formula is C26H34ClN3O2. The second-order valence-electron chi connectivity index (χ2n) is 9.08. The summed E-state index contributed by atoms with van der Waals surface area (Å²) in [6.45, 7) is 8.69. The van der Waals surface area contributed by atoms with Gasteiger partial charge in [0.15, 0.2) is 0 Å². The molecule has 2 heterocycles. The van der Waals surface area contributed by atoms with Gasteiger partial charge in [0.05, 0.1) is 13.2 Å². The van der Waals surface area contributed by atoms with E-state index in [1.165, 1.54) is 11.1 Å². The van der Waals surface area contributed by atoms with E-state index in [2.05, 4.69) is 34.2 Å². The third-order valence-electron chi connectivity index (χ3n) is 6.69. The van der Waals surface area contributed by atoms with E-state index < -0.39 is 0 Å². The molecule has 2 atom stereocenters. The minimum absolute atomic E-state index is 0.101. The second-order valence-corrected chi connectivity index (χ2v) is 9.52. The van der Waals surface area contributed by atoms with E-state index in [4.69, 9.17) is 16.3 Å². The highest BCUT2D eigenvalue weighted by Gasteiger charge is 2.34. The van der Waals surface area contributed by atoms with Gasteiger partial charge in [-0.2, -0.15) is 0 Å². The van der Waals surface area contributed by atoms with Crippen molar-refractivity contribution in [3.63, 3.8) is 0 Å². The molecule has 2 saturated heterocycles. The SMILES string of the molecule is Cc1ccc(NC(=O)CC[C@H]2CN(Cc3ccc(Cl)cc3)CC[C@H]2N2CCOCC2)cc1. The van der Waals surface area contributed by atoms with Crippen LogP contribution in [0.3, 0.4) is 0 Å². The number of benzene rings is 2. The van der Waals surface area contributed by atoms with Crippen molar-refractivity contribution in [1.29, 1.82) is 0 Å². The number of hydrogen-bond donors (Lipinski definition) is 1. The van der Waals surface area contributed by atoms with E-state index in [1.807, 2.05) is 36.4 Å². The van der Waals surface area contributed by atoms with Crippen LogP contribution in [0.15, 0.2) is 48.5 Å². The summed E-state index contributed by atoms with van der Waals surface area (Å²) in [4.78, 5) is 17.8. The van der Waals surface area contributed by atoms with Crippen molar-refractivity contribution in [1.82, 2.24) is 9.80 Å². The van der Waals surface area contributed by atoms with Crippen molar-refractivity contribution in [2.45, 2.75) is 38.8 Å². The molecule has 0 unspecified atom stereocenters. The van der Waals surface area contributed by atoms with Gasteiger partial charge in [0, 0.05) is 49.4 Å². The Hall–Kier alpha value is -1.92. The summed E-state index contributed by atoms with van der Waals surface area (Å²) in [5.41, 5.74) is 3.35. The number of carbonyl (C=O) groups excluding carboxylic acids is 1. The third kappa shape index (κ3) is 6.55. The number of amides is 1. The van der Waals surface area contributed by atoms with Gasteiger partial charge in [-0.3, -0.25) is 14.6 Å². The molecule has 0 saturated carbocycles. The lowest BCUT2D eigenvalue weighted by Gasteiger charge is -2.45. The van der Waals surface area contributed by atoms with Gasteiger partial charge in [0.2, 0.25) is 5.91 Å². The largest absolute Gasteiger partial charge is 0.379 e. The molecule has 5 nitrogen and oxygen atoms in total. The lowest BCUT2D eigenvalue weighted by atomic mass is 9.86. The molecular weight excluding hydrogens is 422 g/mol. The molecule has 32 heavy (non-hydrogen) atoms. The number of morpholine rings is 1.